The van der Waals surface area contributed by atoms with E-state index in [1.807, 2.05) is 0 Å². The molecular weight excluding hydrogens is 405 g/mol. The van der Waals surface area contributed by atoms with Crippen LogP contribution < -0.4 is 21.7 Å². The van der Waals surface area contributed by atoms with Crippen LogP contribution in [0, 0.1) is 11.7 Å². The summed E-state index contributed by atoms with van der Waals surface area (Å²) in [6.07, 6.45) is 0. The molecule has 0 aliphatic rings. The second-order valence-electron chi connectivity index (χ2n) is 7.09. The van der Waals surface area contributed by atoms with Gasteiger partial charge in [-0.3, -0.25) is 30.0 Å². The van der Waals surface area contributed by atoms with Gasteiger partial charge in [-0.25, -0.2) is 9.49 Å². The molecule has 0 aliphatic heterocycles. The molecule has 4 N–H and O–H groups in total. The van der Waals surface area contributed by atoms with E-state index >= 15 is 0 Å². The van der Waals surface area contributed by atoms with Gasteiger partial charge in [-0.2, -0.15) is 5.10 Å². The number of carbonyl (C=O) groups excluding carboxylic acids is 3. The van der Waals surface area contributed by atoms with Gasteiger partial charge in [-0.15, -0.1) is 0 Å². The van der Waals surface area contributed by atoms with E-state index in [4.69, 9.17) is 0 Å². The fraction of sp³-hybridized carbons (Fsp3) is 0.190. The fourth-order valence-corrected chi connectivity index (χ4v) is 2.90. The van der Waals surface area contributed by atoms with Crippen molar-refractivity contribution in [1.29, 1.82) is 0 Å². The van der Waals surface area contributed by atoms with Gasteiger partial charge in [0.05, 0.1) is 5.39 Å². The molecule has 3 aromatic rings. The Kier molecular flexibility index (Phi) is 6.39. The van der Waals surface area contributed by atoms with Crippen molar-refractivity contribution in [3.63, 3.8) is 0 Å². The van der Waals surface area contributed by atoms with E-state index in [2.05, 4.69) is 26.4 Å². The Morgan fingerprint density at radius 1 is 0.935 bits per heavy atom. The zero-order valence-corrected chi connectivity index (χ0v) is 16.7. The number of rotatable bonds is 5. The van der Waals surface area contributed by atoms with Crippen LogP contribution in [0.15, 0.2) is 53.3 Å². The zero-order chi connectivity index (χ0) is 22.5. The maximum atomic E-state index is 13.0. The molecule has 0 fully saturated rings. The summed E-state index contributed by atoms with van der Waals surface area (Å²) in [7, 11) is 0. The second-order valence-corrected chi connectivity index (χ2v) is 7.09. The average molecular weight is 425 g/mol. The van der Waals surface area contributed by atoms with Gasteiger partial charge in [0.2, 0.25) is 0 Å². The Labute approximate surface area is 176 Å². The van der Waals surface area contributed by atoms with E-state index in [1.54, 1.807) is 38.1 Å². The lowest BCUT2D eigenvalue weighted by Crippen LogP contribution is -2.54. The third kappa shape index (κ3) is 4.92. The number of aromatic nitrogens is 2. The predicted octanol–water partition coefficient (Wildman–Crippen LogP) is 1.28. The first-order valence-corrected chi connectivity index (χ1v) is 9.42. The van der Waals surface area contributed by atoms with Crippen LogP contribution >= 0.6 is 0 Å². The van der Waals surface area contributed by atoms with Crippen molar-refractivity contribution in [3.8, 4) is 0 Å². The predicted molar refractivity (Wildman–Crippen MR) is 110 cm³/mol. The first-order chi connectivity index (χ1) is 14.8. The largest absolute Gasteiger partial charge is 0.340 e. The Hall–Kier alpha value is -4.08. The summed E-state index contributed by atoms with van der Waals surface area (Å²) in [4.78, 5) is 49.3. The summed E-state index contributed by atoms with van der Waals surface area (Å²) in [5.41, 5.74) is 4.17. The first-order valence-electron chi connectivity index (χ1n) is 9.42. The van der Waals surface area contributed by atoms with Gasteiger partial charge >= 0.3 is 0 Å². The fourth-order valence-electron chi connectivity index (χ4n) is 2.90. The minimum absolute atomic E-state index is 0.0769. The highest BCUT2D eigenvalue weighted by Crippen LogP contribution is 2.12. The van der Waals surface area contributed by atoms with E-state index in [9.17, 15) is 23.6 Å². The number of nitrogens with zero attached hydrogens (tertiary/aromatic N) is 1. The number of halogens is 1. The number of nitrogens with one attached hydrogen (secondary N) is 4. The van der Waals surface area contributed by atoms with E-state index in [-0.39, 0.29) is 22.6 Å². The molecule has 1 heterocycles. The lowest BCUT2D eigenvalue weighted by Gasteiger charge is -2.22. The summed E-state index contributed by atoms with van der Waals surface area (Å²) < 4.78 is 13.0. The number of hydrogen-bond acceptors (Lipinski definition) is 5. The molecule has 1 aromatic heterocycles. The SMILES string of the molecule is CC(C)[C@@H](NC(=O)c1ccc(F)cc1)C(=O)NNC(=O)c1n[nH]c(=O)c2ccccc12. The molecule has 10 heteroatoms. The summed E-state index contributed by atoms with van der Waals surface area (Å²) in [6, 6.07) is 10.3. The number of benzene rings is 2. The average Bonchev–Trinajstić information content (AvgIpc) is 2.76. The molecule has 0 spiro atoms. The molecule has 0 saturated carbocycles. The summed E-state index contributed by atoms with van der Waals surface area (Å²) >= 11 is 0. The van der Waals surface area contributed by atoms with Crippen molar-refractivity contribution >= 4 is 28.5 Å². The molecule has 0 bridgehead atoms. The van der Waals surface area contributed by atoms with Crippen molar-refractivity contribution in [2.45, 2.75) is 19.9 Å². The quantitative estimate of drug-likeness (QED) is 0.457. The smallest absolute Gasteiger partial charge is 0.290 e. The van der Waals surface area contributed by atoms with Crippen molar-refractivity contribution < 1.29 is 18.8 Å². The molecule has 0 aliphatic carbocycles. The lowest BCUT2D eigenvalue weighted by molar-refractivity contribution is -0.124. The highest BCUT2D eigenvalue weighted by Gasteiger charge is 2.25. The summed E-state index contributed by atoms with van der Waals surface area (Å²) in [5.74, 6) is -2.76. The molecule has 1 atom stereocenters. The number of fused-ring (bicyclic) bond motifs is 1. The highest BCUT2D eigenvalue weighted by atomic mass is 19.1. The molecular formula is C21H20FN5O4. The van der Waals surface area contributed by atoms with Crippen molar-refractivity contribution in [1.82, 2.24) is 26.4 Å². The molecule has 0 radical (unpaired) electrons. The Bertz CT molecular complexity index is 1190. The van der Waals surface area contributed by atoms with Crippen LogP contribution in [0.2, 0.25) is 0 Å². The Morgan fingerprint density at radius 3 is 2.23 bits per heavy atom. The number of aromatic amines is 1. The second kappa shape index (κ2) is 9.16. The third-order valence-corrected chi connectivity index (χ3v) is 4.55. The highest BCUT2D eigenvalue weighted by molar-refractivity contribution is 6.05. The van der Waals surface area contributed by atoms with Crippen molar-refractivity contribution in [2.24, 2.45) is 5.92 Å². The normalized spacial score (nSPS) is 11.7. The van der Waals surface area contributed by atoms with Crippen molar-refractivity contribution in [2.75, 3.05) is 0 Å². The molecule has 9 nitrogen and oxygen atoms in total. The topological polar surface area (TPSA) is 133 Å². The van der Waals surface area contributed by atoms with E-state index in [0.29, 0.717) is 5.39 Å². The first kappa shape index (κ1) is 21.6. The van der Waals surface area contributed by atoms with Crippen LogP contribution in [-0.2, 0) is 4.79 Å². The minimum Gasteiger partial charge on any atom is -0.340 e. The molecule has 160 valence electrons. The minimum atomic E-state index is -0.974. The Balaban J connectivity index is 1.70. The molecule has 0 saturated heterocycles. The third-order valence-electron chi connectivity index (χ3n) is 4.55. The van der Waals surface area contributed by atoms with Gasteiger partial charge < -0.3 is 5.32 Å². The molecule has 3 amide bonds. The van der Waals surface area contributed by atoms with Gasteiger partial charge in [0.15, 0.2) is 5.69 Å². The maximum absolute atomic E-state index is 13.0. The number of H-pyrrole nitrogens is 1. The van der Waals surface area contributed by atoms with Crippen LogP contribution in [0.4, 0.5) is 4.39 Å². The summed E-state index contributed by atoms with van der Waals surface area (Å²) in [6.45, 7) is 3.43. The molecule has 0 unspecified atom stereocenters. The maximum Gasteiger partial charge on any atom is 0.290 e. The number of hydrogen-bond donors (Lipinski definition) is 4. The van der Waals surface area contributed by atoms with Gasteiger partial charge in [-0.1, -0.05) is 32.0 Å². The van der Waals surface area contributed by atoms with Crippen LogP contribution in [0.5, 0.6) is 0 Å². The number of hydrazine groups is 1. The van der Waals surface area contributed by atoms with Crippen LogP contribution in [0.3, 0.4) is 0 Å². The monoisotopic (exact) mass is 425 g/mol. The van der Waals surface area contributed by atoms with Crippen LogP contribution in [0.25, 0.3) is 10.8 Å². The van der Waals surface area contributed by atoms with Crippen LogP contribution in [0.1, 0.15) is 34.7 Å². The molecule has 2 aromatic carbocycles. The standard InChI is InChI=1S/C21H20FN5O4/c1-11(2)16(23-18(28)12-7-9-13(22)10-8-12)20(30)26-27-21(31)17-14-5-3-4-6-15(14)19(29)25-24-17/h3-11,16H,1-2H3,(H,23,28)(H,25,29)(H,26,30)(H,27,31)/t16-/m1/s1. The lowest BCUT2D eigenvalue weighted by atomic mass is 10.0. The van der Waals surface area contributed by atoms with Gasteiger partial charge in [0, 0.05) is 10.9 Å². The summed E-state index contributed by atoms with van der Waals surface area (Å²) in [5, 5.41) is 9.16. The molecule has 31 heavy (non-hydrogen) atoms. The van der Waals surface area contributed by atoms with Crippen molar-refractivity contribution in [3.05, 3.63) is 76.0 Å². The van der Waals surface area contributed by atoms with Gasteiger partial charge in [0.25, 0.3) is 23.3 Å². The van der Waals surface area contributed by atoms with E-state index in [0.717, 1.165) is 12.1 Å². The number of carbonyl (C=O) groups is 3. The van der Waals surface area contributed by atoms with E-state index < -0.39 is 35.1 Å². The van der Waals surface area contributed by atoms with Gasteiger partial charge in [-0.05, 0) is 36.2 Å². The van der Waals surface area contributed by atoms with E-state index in [1.165, 1.54) is 12.1 Å². The molecule has 3 rings (SSSR count). The zero-order valence-electron chi connectivity index (χ0n) is 16.7. The van der Waals surface area contributed by atoms with Crippen LogP contribution in [-0.4, -0.2) is 34.0 Å². The Morgan fingerprint density at radius 2 is 1.58 bits per heavy atom. The van der Waals surface area contributed by atoms with Gasteiger partial charge in [0.1, 0.15) is 11.9 Å². The number of amides is 3.